The molecule has 6 heteroatoms. The second-order valence-electron chi connectivity index (χ2n) is 4.48. The molecular weight excluding hydrogens is 300 g/mol. The fraction of sp³-hybridized carbons (Fsp3) is 0.176. The Bertz CT molecular complexity index is 723. The number of carbonyl (C=O) groups is 2. The van der Waals surface area contributed by atoms with Crippen molar-refractivity contribution in [3.05, 3.63) is 53.6 Å². The minimum absolute atomic E-state index is 0.180. The predicted molar refractivity (Wildman–Crippen MR) is 82.3 cm³/mol. The smallest absolute Gasteiger partial charge is 0.346 e. The number of hydrogen-bond donors (Lipinski definition) is 0. The Kier molecular flexibility index (Phi) is 5.19. The largest absolute Gasteiger partial charge is 0.497 e. The van der Waals surface area contributed by atoms with Gasteiger partial charge in [0.05, 0.1) is 32.5 Å². The van der Waals surface area contributed by atoms with Crippen LogP contribution < -0.4 is 14.2 Å². The minimum Gasteiger partial charge on any atom is -0.497 e. The van der Waals surface area contributed by atoms with Gasteiger partial charge in [0, 0.05) is 0 Å². The molecule has 0 unspecified atom stereocenters. The van der Waals surface area contributed by atoms with Crippen LogP contribution in [-0.2, 0) is 4.74 Å². The Hall–Kier alpha value is -3.02. The van der Waals surface area contributed by atoms with E-state index >= 15 is 0 Å². The van der Waals surface area contributed by atoms with Crippen molar-refractivity contribution in [3.63, 3.8) is 0 Å². The van der Waals surface area contributed by atoms with Gasteiger partial charge in [-0.2, -0.15) is 0 Å². The summed E-state index contributed by atoms with van der Waals surface area (Å²) >= 11 is 0. The normalized spacial score (nSPS) is 9.87. The van der Waals surface area contributed by atoms with Gasteiger partial charge in [0.25, 0.3) is 0 Å². The molecule has 0 spiro atoms. The van der Waals surface area contributed by atoms with Gasteiger partial charge in [-0.25, -0.2) is 9.59 Å². The maximum atomic E-state index is 12.1. The highest BCUT2D eigenvalue weighted by Crippen LogP contribution is 2.28. The lowest BCUT2D eigenvalue weighted by atomic mass is 10.2. The zero-order chi connectivity index (χ0) is 16.8. The van der Waals surface area contributed by atoms with E-state index in [0.717, 1.165) is 0 Å². The summed E-state index contributed by atoms with van der Waals surface area (Å²) in [7, 11) is 4.43. The van der Waals surface area contributed by atoms with Crippen molar-refractivity contribution in [3.8, 4) is 17.2 Å². The molecule has 0 aromatic heterocycles. The molecule has 0 radical (unpaired) electrons. The first-order chi connectivity index (χ1) is 11.1. The lowest BCUT2D eigenvalue weighted by Gasteiger charge is -2.09. The molecule has 0 amide bonds. The lowest BCUT2D eigenvalue weighted by molar-refractivity contribution is 0.0397. The minimum atomic E-state index is -0.779. The molecule has 0 N–H and O–H groups in total. The highest BCUT2D eigenvalue weighted by molar-refractivity contribution is 6.03. The highest BCUT2D eigenvalue weighted by atomic mass is 16.6. The van der Waals surface area contributed by atoms with Crippen LogP contribution >= 0.6 is 0 Å². The van der Waals surface area contributed by atoms with Crippen LogP contribution in [0.3, 0.4) is 0 Å². The van der Waals surface area contributed by atoms with E-state index in [1.165, 1.54) is 45.6 Å². The summed E-state index contributed by atoms with van der Waals surface area (Å²) in [4.78, 5) is 24.1. The molecule has 0 aliphatic rings. The number of ether oxygens (including phenoxy) is 4. The molecule has 0 aliphatic heterocycles. The molecule has 6 nitrogen and oxygen atoms in total. The maximum Gasteiger partial charge on any atom is 0.346 e. The molecule has 0 atom stereocenters. The van der Waals surface area contributed by atoms with E-state index in [0.29, 0.717) is 17.2 Å². The van der Waals surface area contributed by atoms with E-state index in [2.05, 4.69) is 0 Å². The summed E-state index contributed by atoms with van der Waals surface area (Å²) < 4.78 is 20.1. The number of rotatable bonds is 5. The van der Waals surface area contributed by atoms with Crippen LogP contribution in [0.5, 0.6) is 17.2 Å². The summed E-state index contributed by atoms with van der Waals surface area (Å²) in [6.45, 7) is 0. The Morgan fingerprint density at radius 3 is 2.00 bits per heavy atom. The van der Waals surface area contributed by atoms with E-state index in [1.54, 1.807) is 18.2 Å². The summed E-state index contributed by atoms with van der Waals surface area (Å²) in [6, 6.07) is 10.8. The molecule has 2 rings (SSSR count). The van der Waals surface area contributed by atoms with Crippen molar-refractivity contribution in [1.29, 1.82) is 0 Å². The Balaban J connectivity index is 2.16. The molecule has 23 heavy (non-hydrogen) atoms. The van der Waals surface area contributed by atoms with Gasteiger partial charge in [-0.3, -0.25) is 0 Å². The maximum absolute atomic E-state index is 12.1. The Labute approximate surface area is 133 Å². The van der Waals surface area contributed by atoms with Crippen molar-refractivity contribution in [2.75, 3.05) is 21.3 Å². The SMILES string of the molecule is COc1cccc(C(=O)OC(=O)c2ccc(OC)c(OC)c2)c1. The van der Waals surface area contributed by atoms with Crippen molar-refractivity contribution in [2.24, 2.45) is 0 Å². The average molecular weight is 316 g/mol. The zero-order valence-electron chi connectivity index (χ0n) is 13.0. The van der Waals surface area contributed by atoms with E-state index in [9.17, 15) is 9.59 Å². The molecule has 0 saturated heterocycles. The van der Waals surface area contributed by atoms with Gasteiger partial charge in [-0.1, -0.05) is 6.07 Å². The first-order valence-electron chi connectivity index (χ1n) is 6.71. The number of esters is 2. The number of hydrogen-bond acceptors (Lipinski definition) is 6. The quantitative estimate of drug-likeness (QED) is 0.624. The van der Waals surface area contributed by atoms with Gasteiger partial charge in [-0.05, 0) is 36.4 Å². The van der Waals surface area contributed by atoms with Gasteiger partial charge in [-0.15, -0.1) is 0 Å². The predicted octanol–water partition coefficient (Wildman–Crippen LogP) is 2.71. The van der Waals surface area contributed by atoms with Crippen LogP contribution in [0.1, 0.15) is 20.7 Å². The molecule has 2 aromatic carbocycles. The third-order valence-electron chi connectivity index (χ3n) is 3.11. The molecule has 2 aromatic rings. The van der Waals surface area contributed by atoms with E-state index in [4.69, 9.17) is 18.9 Å². The van der Waals surface area contributed by atoms with Gasteiger partial charge in [0.2, 0.25) is 0 Å². The average Bonchev–Trinajstić information content (AvgIpc) is 2.60. The zero-order valence-corrected chi connectivity index (χ0v) is 13.0. The first kappa shape index (κ1) is 16.4. The molecule has 0 bridgehead atoms. The van der Waals surface area contributed by atoms with Crippen LogP contribution in [0.15, 0.2) is 42.5 Å². The molecule has 0 fully saturated rings. The van der Waals surface area contributed by atoms with Crippen LogP contribution in [0, 0.1) is 0 Å². The van der Waals surface area contributed by atoms with Crippen LogP contribution in [0.25, 0.3) is 0 Å². The second kappa shape index (κ2) is 7.31. The van der Waals surface area contributed by atoms with Crippen LogP contribution in [0.2, 0.25) is 0 Å². The van der Waals surface area contributed by atoms with Crippen LogP contribution in [0.4, 0.5) is 0 Å². The van der Waals surface area contributed by atoms with Gasteiger partial charge in [0.15, 0.2) is 11.5 Å². The van der Waals surface area contributed by atoms with Crippen molar-refractivity contribution in [2.45, 2.75) is 0 Å². The Morgan fingerprint density at radius 1 is 0.739 bits per heavy atom. The lowest BCUT2D eigenvalue weighted by Crippen LogP contribution is -2.13. The third-order valence-corrected chi connectivity index (χ3v) is 3.11. The number of methoxy groups -OCH3 is 3. The Morgan fingerprint density at radius 2 is 1.39 bits per heavy atom. The van der Waals surface area contributed by atoms with E-state index in [1.807, 2.05) is 0 Å². The molecule has 120 valence electrons. The summed E-state index contributed by atoms with van der Waals surface area (Å²) in [6.07, 6.45) is 0. The fourth-order valence-corrected chi connectivity index (χ4v) is 1.92. The first-order valence-corrected chi connectivity index (χ1v) is 6.71. The molecule has 0 saturated carbocycles. The fourth-order valence-electron chi connectivity index (χ4n) is 1.92. The molecule has 0 aliphatic carbocycles. The van der Waals surface area contributed by atoms with Crippen molar-refractivity contribution in [1.82, 2.24) is 0 Å². The topological polar surface area (TPSA) is 71.1 Å². The second-order valence-corrected chi connectivity index (χ2v) is 4.48. The number of carbonyl (C=O) groups excluding carboxylic acids is 2. The van der Waals surface area contributed by atoms with Crippen molar-refractivity contribution >= 4 is 11.9 Å². The monoisotopic (exact) mass is 316 g/mol. The van der Waals surface area contributed by atoms with E-state index < -0.39 is 11.9 Å². The summed E-state index contributed by atoms with van der Waals surface area (Å²) in [5.74, 6) is -0.195. The number of benzene rings is 2. The van der Waals surface area contributed by atoms with Crippen molar-refractivity contribution < 1.29 is 28.5 Å². The summed E-state index contributed by atoms with van der Waals surface area (Å²) in [5, 5.41) is 0. The van der Waals surface area contributed by atoms with Crippen LogP contribution in [-0.4, -0.2) is 33.3 Å². The summed E-state index contributed by atoms with van der Waals surface area (Å²) in [5.41, 5.74) is 0.400. The molecule has 0 heterocycles. The van der Waals surface area contributed by atoms with Gasteiger partial charge >= 0.3 is 11.9 Å². The third kappa shape index (κ3) is 3.79. The van der Waals surface area contributed by atoms with Gasteiger partial charge in [0.1, 0.15) is 5.75 Å². The van der Waals surface area contributed by atoms with E-state index in [-0.39, 0.29) is 11.1 Å². The van der Waals surface area contributed by atoms with Gasteiger partial charge < -0.3 is 18.9 Å². The highest BCUT2D eigenvalue weighted by Gasteiger charge is 2.17. The standard InChI is InChI=1S/C17H16O6/c1-20-13-6-4-5-11(9-13)16(18)23-17(19)12-7-8-14(21-2)15(10-12)22-3/h4-10H,1-3H3. The molecular formula is C17H16O6.